The number of hydrogen-bond acceptors (Lipinski definition) is 2. The molecule has 0 unspecified atom stereocenters. The molecule has 218 valence electrons. The minimum atomic E-state index is 0.602. The van der Waals surface area contributed by atoms with Crippen LogP contribution < -0.4 is 0 Å². The van der Waals surface area contributed by atoms with Gasteiger partial charge in [0.2, 0.25) is 0 Å². The second-order valence-electron chi connectivity index (χ2n) is 11.5. The summed E-state index contributed by atoms with van der Waals surface area (Å²) in [5.74, 6) is 0.602. The quantitative estimate of drug-likeness (QED) is 0.112. The molecule has 1 aromatic heterocycles. The van der Waals surface area contributed by atoms with Crippen molar-refractivity contribution in [3.8, 4) is 11.1 Å². The maximum atomic E-state index is 6.33. The Kier molecular flexibility index (Phi) is 6.85. The van der Waals surface area contributed by atoms with Crippen LogP contribution in [0.1, 0.15) is 23.6 Å². The highest BCUT2D eigenvalue weighted by molar-refractivity contribution is 6.24. The number of benzene rings is 7. The highest BCUT2D eigenvalue weighted by atomic mass is 16.3. The summed E-state index contributed by atoms with van der Waals surface area (Å²) < 4.78 is 6.33. The van der Waals surface area contributed by atoms with Gasteiger partial charge in [-0.05, 0) is 69.4 Å². The normalized spacial score (nSPS) is 12.4. The lowest BCUT2D eigenvalue weighted by Gasteiger charge is -2.13. The van der Waals surface area contributed by atoms with Crippen LogP contribution in [0.15, 0.2) is 173 Å². The topological polar surface area (TPSA) is 37.9 Å². The monoisotopic (exact) mass is 590 g/mol. The minimum Gasteiger partial charge on any atom is -0.456 e. The van der Waals surface area contributed by atoms with Crippen molar-refractivity contribution in [2.45, 2.75) is 6.92 Å². The van der Waals surface area contributed by atoms with Crippen molar-refractivity contribution in [3.63, 3.8) is 0 Å². The summed E-state index contributed by atoms with van der Waals surface area (Å²) in [5.41, 5.74) is 8.28. The Bertz CT molecular complexity index is 2480. The SMILES string of the molecule is C=C(/N=C(\N=C(/C)c1c(-c2ccccc2)ccc2oc3ccccc3c12)c1ccc2c(ccc3ccccc32)c1)c1ccccc1. The molecule has 0 amide bonds. The molecule has 0 saturated heterocycles. The summed E-state index contributed by atoms with van der Waals surface area (Å²) in [6.07, 6.45) is 0. The van der Waals surface area contributed by atoms with Gasteiger partial charge in [0.25, 0.3) is 0 Å². The Labute approximate surface area is 267 Å². The fourth-order valence-electron chi connectivity index (χ4n) is 6.39. The lowest BCUT2D eigenvalue weighted by Crippen LogP contribution is -2.06. The molecule has 0 aliphatic carbocycles. The van der Waals surface area contributed by atoms with Crippen molar-refractivity contribution in [3.05, 3.63) is 175 Å². The Hall–Kier alpha value is -6.06. The Morgan fingerprint density at radius 1 is 0.543 bits per heavy atom. The molecular weight excluding hydrogens is 560 g/mol. The van der Waals surface area contributed by atoms with Crippen molar-refractivity contribution in [1.82, 2.24) is 0 Å². The van der Waals surface area contributed by atoms with Gasteiger partial charge in [-0.1, -0.05) is 134 Å². The van der Waals surface area contributed by atoms with Gasteiger partial charge in [0.1, 0.15) is 11.2 Å². The number of furan rings is 1. The number of hydrogen-bond donors (Lipinski definition) is 0. The van der Waals surface area contributed by atoms with Gasteiger partial charge in [-0.25, -0.2) is 9.98 Å². The molecule has 0 aliphatic heterocycles. The van der Waals surface area contributed by atoms with Crippen LogP contribution in [0.3, 0.4) is 0 Å². The van der Waals surface area contributed by atoms with Gasteiger partial charge in [0.05, 0.1) is 5.70 Å². The van der Waals surface area contributed by atoms with Crippen LogP contribution in [0.5, 0.6) is 0 Å². The number of aliphatic imine (C=N–C) groups is 2. The minimum absolute atomic E-state index is 0.602. The lowest BCUT2D eigenvalue weighted by atomic mass is 9.92. The molecule has 3 nitrogen and oxygen atoms in total. The van der Waals surface area contributed by atoms with Crippen LogP contribution in [0.4, 0.5) is 0 Å². The van der Waals surface area contributed by atoms with Crippen LogP contribution in [0.2, 0.25) is 0 Å². The van der Waals surface area contributed by atoms with E-state index in [-0.39, 0.29) is 0 Å². The predicted molar refractivity (Wildman–Crippen MR) is 195 cm³/mol. The molecule has 0 aliphatic rings. The highest BCUT2D eigenvalue weighted by Crippen LogP contribution is 2.37. The first-order valence-electron chi connectivity index (χ1n) is 15.4. The van der Waals surface area contributed by atoms with Gasteiger partial charge in [-0.15, -0.1) is 0 Å². The van der Waals surface area contributed by atoms with Gasteiger partial charge < -0.3 is 4.42 Å². The molecule has 0 spiro atoms. The maximum Gasteiger partial charge on any atom is 0.160 e. The number of para-hydroxylation sites is 1. The van der Waals surface area contributed by atoms with Crippen molar-refractivity contribution >= 4 is 60.7 Å². The van der Waals surface area contributed by atoms with Crippen LogP contribution in [-0.2, 0) is 0 Å². The standard InChI is InChI=1S/C43H30N2O/c1-28(30-13-5-3-6-14-30)44-43(34-23-24-36-33(27-34)22-21-32-17-9-10-18-35(32)36)45-29(2)41-37(31-15-7-4-8-16-31)25-26-40-42(41)38-19-11-12-20-39(38)46-40/h3-27H,1H2,2H3/b44-43-,45-29+. The molecule has 0 saturated carbocycles. The third kappa shape index (κ3) is 4.89. The molecule has 8 aromatic rings. The van der Waals surface area contributed by atoms with E-state index in [1.807, 2.05) is 48.5 Å². The second kappa shape index (κ2) is 11.5. The van der Waals surface area contributed by atoms with E-state index in [2.05, 4.69) is 117 Å². The zero-order valence-electron chi connectivity index (χ0n) is 25.4. The lowest BCUT2D eigenvalue weighted by molar-refractivity contribution is 0.669. The van der Waals surface area contributed by atoms with E-state index in [0.29, 0.717) is 11.5 Å². The zero-order valence-corrected chi connectivity index (χ0v) is 25.4. The van der Waals surface area contributed by atoms with Crippen molar-refractivity contribution < 1.29 is 4.42 Å². The first-order chi connectivity index (χ1) is 22.6. The molecule has 0 fully saturated rings. The second-order valence-corrected chi connectivity index (χ2v) is 11.5. The average molecular weight is 591 g/mol. The van der Waals surface area contributed by atoms with Gasteiger partial charge in [0, 0.05) is 27.6 Å². The van der Waals surface area contributed by atoms with Gasteiger partial charge in [0.15, 0.2) is 5.84 Å². The zero-order chi connectivity index (χ0) is 31.0. The molecule has 8 rings (SSSR count). The third-order valence-corrected chi connectivity index (χ3v) is 8.61. The number of amidine groups is 1. The molecule has 7 aromatic carbocycles. The molecular formula is C43H30N2O. The van der Waals surface area contributed by atoms with Crippen LogP contribution in [0, 0.1) is 0 Å². The molecule has 0 N–H and O–H groups in total. The van der Waals surface area contributed by atoms with E-state index >= 15 is 0 Å². The van der Waals surface area contributed by atoms with Crippen LogP contribution in [0.25, 0.3) is 60.3 Å². The average Bonchev–Trinajstić information content (AvgIpc) is 3.50. The van der Waals surface area contributed by atoms with E-state index in [1.165, 1.54) is 16.2 Å². The fourth-order valence-corrected chi connectivity index (χ4v) is 6.39. The Morgan fingerprint density at radius 3 is 2.04 bits per heavy atom. The molecule has 46 heavy (non-hydrogen) atoms. The summed E-state index contributed by atoms with van der Waals surface area (Å²) in [6, 6.07) is 52.2. The van der Waals surface area contributed by atoms with E-state index in [4.69, 9.17) is 14.4 Å². The van der Waals surface area contributed by atoms with E-state index in [1.54, 1.807) is 0 Å². The number of rotatable bonds is 5. The van der Waals surface area contributed by atoms with E-state index in [9.17, 15) is 0 Å². The molecule has 0 atom stereocenters. The molecule has 0 bridgehead atoms. The predicted octanol–water partition coefficient (Wildman–Crippen LogP) is 11.5. The third-order valence-electron chi connectivity index (χ3n) is 8.61. The molecule has 0 radical (unpaired) electrons. The Morgan fingerprint density at radius 2 is 1.22 bits per heavy atom. The summed E-state index contributed by atoms with van der Waals surface area (Å²) >= 11 is 0. The van der Waals surface area contributed by atoms with Gasteiger partial charge in [-0.2, -0.15) is 0 Å². The smallest absolute Gasteiger partial charge is 0.160 e. The summed E-state index contributed by atoms with van der Waals surface area (Å²) in [5, 5.41) is 6.88. The largest absolute Gasteiger partial charge is 0.456 e. The Balaban J connectivity index is 1.37. The van der Waals surface area contributed by atoms with Gasteiger partial charge >= 0.3 is 0 Å². The fraction of sp³-hybridized carbons (Fsp3) is 0.0233. The summed E-state index contributed by atoms with van der Waals surface area (Å²) in [4.78, 5) is 10.4. The molecule has 3 heteroatoms. The summed E-state index contributed by atoms with van der Waals surface area (Å²) in [7, 11) is 0. The number of nitrogens with zero attached hydrogens (tertiary/aromatic N) is 2. The van der Waals surface area contributed by atoms with Crippen LogP contribution in [-0.4, -0.2) is 11.5 Å². The van der Waals surface area contributed by atoms with Crippen molar-refractivity contribution in [1.29, 1.82) is 0 Å². The van der Waals surface area contributed by atoms with Crippen LogP contribution >= 0.6 is 0 Å². The van der Waals surface area contributed by atoms with E-state index < -0.39 is 0 Å². The first kappa shape index (κ1) is 27.5. The van der Waals surface area contributed by atoms with E-state index in [0.717, 1.165) is 60.9 Å². The first-order valence-corrected chi connectivity index (χ1v) is 15.4. The summed E-state index contributed by atoms with van der Waals surface area (Å²) in [6.45, 7) is 6.42. The van der Waals surface area contributed by atoms with Crippen molar-refractivity contribution in [2.75, 3.05) is 0 Å². The number of fused-ring (bicyclic) bond motifs is 6. The van der Waals surface area contributed by atoms with Crippen molar-refractivity contribution in [2.24, 2.45) is 9.98 Å². The maximum absolute atomic E-state index is 6.33. The van der Waals surface area contributed by atoms with Gasteiger partial charge in [-0.3, -0.25) is 0 Å². The molecule has 1 heterocycles. The highest BCUT2D eigenvalue weighted by Gasteiger charge is 2.19.